The van der Waals surface area contributed by atoms with Gasteiger partial charge in [0.1, 0.15) is 0 Å². The molecule has 3 fully saturated rings. The molecule has 5 heterocycles. The highest BCUT2D eigenvalue weighted by Gasteiger charge is 2.43. The predicted molar refractivity (Wildman–Crippen MR) is 157 cm³/mol. The Morgan fingerprint density at radius 3 is 2.48 bits per heavy atom. The van der Waals surface area contributed by atoms with E-state index in [1.54, 1.807) is 0 Å². The number of anilines is 1. The molecule has 0 atom stereocenters. The average Bonchev–Trinajstić information content (AvgIpc) is 3.41. The monoisotopic (exact) mass is 542 g/mol. The number of likely N-dealkylation sites (tertiary alicyclic amines) is 1. The van der Waals surface area contributed by atoms with Gasteiger partial charge in [0.15, 0.2) is 0 Å². The molecule has 0 N–H and O–H groups in total. The highest BCUT2D eigenvalue weighted by Crippen LogP contribution is 2.37. The molecule has 9 heteroatoms. The lowest BCUT2D eigenvalue weighted by molar-refractivity contribution is -0.138. The number of methoxy groups -OCH3 is 1. The van der Waals surface area contributed by atoms with Crippen LogP contribution in [0, 0.1) is 12.5 Å². The number of nitrogens with zero attached hydrogens (tertiary/aromatic N) is 7. The summed E-state index contributed by atoms with van der Waals surface area (Å²) in [6.07, 6.45) is 9.38. The molecule has 3 aromatic heterocycles. The van der Waals surface area contributed by atoms with Gasteiger partial charge in [0, 0.05) is 95.0 Å². The molecule has 0 unspecified atom stereocenters. The lowest BCUT2D eigenvalue weighted by atomic mass is 9.79. The van der Waals surface area contributed by atoms with Crippen molar-refractivity contribution in [2.75, 3.05) is 51.3 Å². The number of aromatic nitrogens is 3. The Bertz CT molecular complexity index is 1390. The van der Waals surface area contributed by atoms with E-state index in [1.807, 2.05) is 35.1 Å². The normalized spacial score (nSPS) is 23.3. The summed E-state index contributed by atoms with van der Waals surface area (Å²) in [6.45, 7) is 15.0. The fourth-order valence-electron chi connectivity index (χ4n) is 6.59. The third-order valence-electron chi connectivity index (χ3n) is 9.40. The summed E-state index contributed by atoms with van der Waals surface area (Å²) < 4.78 is 8.04. The molecule has 210 valence electrons. The minimum Gasteiger partial charge on any atom is -0.373 e. The van der Waals surface area contributed by atoms with Crippen molar-refractivity contribution in [3.05, 3.63) is 53.3 Å². The van der Waals surface area contributed by atoms with Crippen molar-refractivity contribution in [3.63, 3.8) is 0 Å². The molecule has 0 bridgehead atoms. The summed E-state index contributed by atoms with van der Waals surface area (Å²) in [5, 5.41) is 4.57. The average molecular weight is 543 g/mol. The maximum atomic E-state index is 12.9. The van der Waals surface area contributed by atoms with Crippen LogP contribution in [0.3, 0.4) is 0 Å². The molecule has 3 aliphatic rings. The first-order valence-electron chi connectivity index (χ1n) is 14.6. The van der Waals surface area contributed by atoms with Crippen molar-refractivity contribution in [1.29, 1.82) is 0 Å². The zero-order valence-corrected chi connectivity index (χ0v) is 23.9. The van der Waals surface area contributed by atoms with Gasteiger partial charge in [-0.15, -0.1) is 0 Å². The molecular weight excluding hydrogens is 502 g/mol. The van der Waals surface area contributed by atoms with Crippen molar-refractivity contribution >= 4 is 17.1 Å². The maximum absolute atomic E-state index is 12.9. The second kappa shape index (κ2) is 10.8. The molecule has 0 radical (unpaired) electrons. The number of hydrogen-bond acceptors (Lipinski definition) is 6. The third kappa shape index (κ3) is 4.84. The van der Waals surface area contributed by atoms with Crippen LogP contribution in [-0.2, 0) is 15.1 Å². The molecule has 2 saturated heterocycles. The topological polar surface area (TPSA) is 70.6 Å². The van der Waals surface area contributed by atoms with E-state index in [1.165, 1.54) is 0 Å². The van der Waals surface area contributed by atoms with Gasteiger partial charge in [-0.1, -0.05) is 10.9 Å². The number of amides is 1. The second-order valence-electron chi connectivity index (χ2n) is 11.8. The van der Waals surface area contributed by atoms with Gasteiger partial charge >= 0.3 is 0 Å². The Morgan fingerprint density at radius 2 is 1.85 bits per heavy atom. The number of piperidine rings is 1. The van der Waals surface area contributed by atoms with Gasteiger partial charge in [0.05, 0.1) is 28.4 Å². The first-order chi connectivity index (χ1) is 19.4. The molecule has 6 rings (SSSR count). The van der Waals surface area contributed by atoms with Crippen molar-refractivity contribution < 1.29 is 9.53 Å². The summed E-state index contributed by atoms with van der Waals surface area (Å²) >= 11 is 0. The van der Waals surface area contributed by atoms with Crippen molar-refractivity contribution in [1.82, 2.24) is 24.4 Å². The van der Waals surface area contributed by atoms with Gasteiger partial charge in [0.25, 0.3) is 12.6 Å². The van der Waals surface area contributed by atoms with E-state index in [0.717, 1.165) is 93.0 Å². The standard InChI is InChI=1S/C31H40N7O2/c1-22(2)35-11-8-31(40-4,9-12-35)25-5-6-27(33-20-25)24-19-29-28(7-10-34-38(29)21-24)36-13-15-37(16-14-36)30(39)23-17-26(18-23)32-3/h3,5-7,10,19-23,26H,8-9,11-18H2,1-2,4H3/q+1. The van der Waals surface area contributed by atoms with E-state index < -0.39 is 0 Å². The van der Waals surface area contributed by atoms with Gasteiger partial charge in [0.2, 0.25) is 5.91 Å². The van der Waals surface area contributed by atoms with E-state index in [0.29, 0.717) is 6.04 Å². The van der Waals surface area contributed by atoms with Crippen LogP contribution in [0.15, 0.2) is 42.9 Å². The largest absolute Gasteiger partial charge is 0.373 e. The summed E-state index contributed by atoms with van der Waals surface area (Å²) in [5.74, 6) is 0.329. The lowest BCUT2D eigenvalue weighted by Crippen LogP contribution is -2.52. The molecular formula is C31H40N7O2+. The minimum absolute atomic E-state index is 0.0789. The summed E-state index contributed by atoms with van der Waals surface area (Å²) in [7, 11) is 1.82. The maximum Gasteiger partial charge on any atom is 0.273 e. The second-order valence-corrected chi connectivity index (χ2v) is 11.8. The Balaban J connectivity index is 1.15. The molecule has 2 aliphatic heterocycles. The predicted octanol–water partition coefficient (Wildman–Crippen LogP) is 4.13. The number of carbonyl (C=O) groups is 1. The van der Waals surface area contributed by atoms with E-state index in [-0.39, 0.29) is 23.5 Å². The summed E-state index contributed by atoms with van der Waals surface area (Å²) in [6, 6.07) is 9.22. The highest BCUT2D eigenvalue weighted by molar-refractivity contribution is 5.81. The van der Waals surface area contributed by atoms with Crippen LogP contribution in [0.25, 0.3) is 21.6 Å². The van der Waals surface area contributed by atoms with Crippen LogP contribution in [0.4, 0.5) is 5.69 Å². The number of carbonyl (C=O) groups excluding carboxylic acids is 1. The molecule has 3 aromatic rings. The van der Waals surface area contributed by atoms with Crippen LogP contribution in [0.5, 0.6) is 0 Å². The van der Waals surface area contributed by atoms with Crippen LogP contribution in [0.2, 0.25) is 0 Å². The molecule has 1 saturated carbocycles. The summed E-state index contributed by atoms with van der Waals surface area (Å²) in [4.78, 5) is 28.4. The number of pyridine rings is 1. The Morgan fingerprint density at radius 1 is 1.10 bits per heavy atom. The number of hydrogen-bond donors (Lipinski definition) is 0. The Labute approximate surface area is 236 Å². The van der Waals surface area contributed by atoms with Crippen LogP contribution < -0.4 is 4.90 Å². The smallest absolute Gasteiger partial charge is 0.273 e. The zero-order valence-electron chi connectivity index (χ0n) is 23.9. The minimum atomic E-state index is -0.277. The molecule has 40 heavy (non-hydrogen) atoms. The Hall–Kier alpha value is -3.48. The van der Waals surface area contributed by atoms with Crippen LogP contribution in [0.1, 0.15) is 45.1 Å². The van der Waals surface area contributed by atoms with E-state index in [9.17, 15) is 4.79 Å². The molecule has 0 aromatic carbocycles. The quantitative estimate of drug-likeness (QED) is 0.467. The van der Waals surface area contributed by atoms with Gasteiger partial charge in [-0.25, -0.2) is 4.52 Å². The van der Waals surface area contributed by atoms with E-state index >= 15 is 0 Å². The van der Waals surface area contributed by atoms with E-state index in [2.05, 4.69) is 57.9 Å². The molecule has 1 aliphatic carbocycles. The first-order valence-corrected chi connectivity index (χ1v) is 14.6. The van der Waals surface area contributed by atoms with Crippen LogP contribution in [-0.4, -0.2) is 88.8 Å². The Kier molecular flexibility index (Phi) is 7.24. The first kappa shape index (κ1) is 26.7. The van der Waals surface area contributed by atoms with Gasteiger partial charge in [-0.2, -0.15) is 5.10 Å². The zero-order chi connectivity index (χ0) is 27.9. The SMILES string of the molecule is C#[N+]C1CC(C(=O)N2CCN(c3ccnn4cc(-c5ccc(C6(OC)CCN(C(C)C)CC6)cn5)cc34)CC2)C1. The van der Waals surface area contributed by atoms with E-state index in [4.69, 9.17) is 16.3 Å². The van der Waals surface area contributed by atoms with Crippen molar-refractivity contribution in [2.24, 2.45) is 5.92 Å². The summed E-state index contributed by atoms with van der Waals surface area (Å²) in [5.41, 5.74) is 5.00. The number of ether oxygens (including phenoxy) is 1. The van der Waals surface area contributed by atoms with Gasteiger partial charge in [-0.05, 0) is 44.9 Å². The van der Waals surface area contributed by atoms with Crippen molar-refractivity contribution in [2.45, 2.75) is 57.2 Å². The number of rotatable bonds is 6. The van der Waals surface area contributed by atoms with Gasteiger partial charge in [-0.3, -0.25) is 9.78 Å². The third-order valence-corrected chi connectivity index (χ3v) is 9.40. The highest BCUT2D eigenvalue weighted by atomic mass is 16.5. The van der Waals surface area contributed by atoms with Crippen LogP contribution >= 0.6 is 0 Å². The molecule has 1 amide bonds. The fourth-order valence-corrected chi connectivity index (χ4v) is 6.59. The fraction of sp³-hybridized carbons (Fsp3) is 0.548. The number of fused-ring (bicyclic) bond motifs is 1. The molecule has 0 spiro atoms. The van der Waals surface area contributed by atoms with Crippen molar-refractivity contribution in [3.8, 4) is 17.8 Å². The lowest BCUT2D eigenvalue weighted by Gasteiger charge is -2.42. The number of piperazine rings is 1. The molecule has 9 nitrogen and oxygen atoms in total. The van der Waals surface area contributed by atoms with Gasteiger partial charge < -0.3 is 19.4 Å².